The quantitative estimate of drug-likeness (QED) is 0.114. The number of fused-ring (bicyclic) bond motifs is 2. The van der Waals surface area contributed by atoms with Crippen molar-refractivity contribution in [2.45, 2.75) is 96.0 Å². The second-order valence-electron chi connectivity index (χ2n) is 16.9. The van der Waals surface area contributed by atoms with Crippen LogP contribution in [0, 0.1) is 23.2 Å². The van der Waals surface area contributed by atoms with Crippen molar-refractivity contribution in [2.75, 3.05) is 44.0 Å². The van der Waals surface area contributed by atoms with Gasteiger partial charge < -0.3 is 34.5 Å². The number of benzene rings is 2. The fourth-order valence-electron chi connectivity index (χ4n) is 8.14. The van der Waals surface area contributed by atoms with Crippen LogP contribution in [0.3, 0.4) is 0 Å². The van der Waals surface area contributed by atoms with E-state index in [2.05, 4.69) is 24.5 Å². The number of thiophene rings is 1. The summed E-state index contributed by atoms with van der Waals surface area (Å²) in [7, 11) is -2.55. The molecule has 14 nitrogen and oxygen atoms in total. The molecule has 0 radical (unpaired) electrons. The predicted molar refractivity (Wildman–Crippen MR) is 219 cm³/mol. The topological polar surface area (TPSA) is 190 Å². The first-order valence-electron chi connectivity index (χ1n) is 19.7. The molecule has 2 amide bonds. The molecular weight excluding hydrogens is 787 g/mol. The van der Waals surface area contributed by atoms with Gasteiger partial charge in [0, 0.05) is 29.6 Å². The Balaban J connectivity index is 1.17. The SMILES string of the molecule is COc1ccc(S(=O)(=O)N(CC(C)C)C[C@@H](O)[C@@H](CC(=O)O[C@H]2CO[C@@]3(C)OCC[C@@H]23)Cc2ccc(NC(=O)Nc3sc4c(c3C(=O)O)CC(C)(C)CC4)cc2)cc1. The van der Waals surface area contributed by atoms with Crippen molar-refractivity contribution in [3.63, 3.8) is 0 Å². The number of carboxylic acid groups (broad SMARTS) is 1. The van der Waals surface area contributed by atoms with Crippen molar-refractivity contribution < 1.29 is 52.0 Å². The van der Waals surface area contributed by atoms with Crippen molar-refractivity contribution >= 4 is 50.0 Å². The van der Waals surface area contributed by atoms with Gasteiger partial charge in [-0.3, -0.25) is 10.1 Å². The number of aryl methyl sites for hydroxylation is 1. The first kappa shape index (κ1) is 43.5. The van der Waals surface area contributed by atoms with E-state index in [9.17, 15) is 33.0 Å². The molecule has 0 saturated carbocycles. The summed E-state index contributed by atoms with van der Waals surface area (Å²) in [6.07, 6.45) is 1.19. The Morgan fingerprint density at radius 3 is 2.38 bits per heavy atom. The largest absolute Gasteiger partial charge is 0.497 e. The number of esters is 1. The minimum Gasteiger partial charge on any atom is -0.497 e. The highest BCUT2D eigenvalue weighted by Crippen LogP contribution is 2.44. The van der Waals surface area contributed by atoms with E-state index in [1.807, 2.05) is 20.8 Å². The first-order valence-corrected chi connectivity index (χ1v) is 22.0. The van der Waals surface area contributed by atoms with Crippen LogP contribution in [0.2, 0.25) is 0 Å². The molecule has 5 atom stereocenters. The molecule has 6 rings (SSSR count). The summed E-state index contributed by atoms with van der Waals surface area (Å²) in [6.45, 7) is 10.4. The van der Waals surface area contributed by atoms with Gasteiger partial charge in [0.15, 0.2) is 5.79 Å². The normalized spacial score (nSPS) is 22.2. The molecule has 3 heterocycles. The third-order valence-electron chi connectivity index (χ3n) is 11.3. The molecule has 0 unspecified atom stereocenters. The molecule has 2 fully saturated rings. The van der Waals surface area contributed by atoms with Gasteiger partial charge in [-0.05, 0) is 97.9 Å². The zero-order valence-corrected chi connectivity index (χ0v) is 35.5. The Morgan fingerprint density at radius 2 is 1.72 bits per heavy atom. The third kappa shape index (κ3) is 10.0. The third-order valence-corrected chi connectivity index (χ3v) is 14.4. The number of hydrogen-bond acceptors (Lipinski definition) is 11. The average molecular weight is 842 g/mol. The van der Waals surface area contributed by atoms with Crippen LogP contribution in [0.15, 0.2) is 53.4 Å². The minimum atomic E-state index is -4.05. The van der Waals surface area contributed by atoms with Crippen molar-refractivity contribution in [2.24, 2.45) is 23.2 Å². The summed E-state index contributed by atoms with van der Waals surface area (Å²) in [6, 6.07) is 12.3. The number of carbonyl (C=O) groups is 3. The highest BCUT2D eigenvalue weighted by Gasteiger charge is 2.53. The maximum absolute atomic E-state index is 13.9. The van der Waals surface area contributed by atoms with Crippen molar-refractivity contribution in [1.29, 1.82) is 0 Å². The van der Waals surface area contributed by atoms with Crippen molar-refractivity contribution in [3.8, 4) is 5.75 Å². The van der Waals surface area contributed by atoms with Gasteiger partial charge in [0.2, 0.25) is 10.0 Å². The van der Waals surface area contributed by atoms with Crippen LogP contribution in [0.1, 0.15) is 80.2 Å². The Labute approximate surface area is 344 Å². The Kier molecular flexibility index (Phi) is 13.2. The van der Waals surface area contributed by atoms with E-state index >= 15 is 0 Å². The number of aliphatic hydroxyl groups excluding tert-OH is 1. The fourth-order valence-corrected chi connectivity index (χ4v) is 11.0. The zero-order valence-electron chi connectivity index (χ0n) is 33.9. The van der Waals surface area contributed by atoms with Gasteiger partial charge in [0.1, 0.15) is 16.9 Å². The summed E-state index contributed by atoms with van der Waals surface area (Å²) in [5.41, 5.74) is 2.04. The lowest BCUT2D eigenvalue weighted by atomic mass is 9.76. The highest BCUT2D eigenvalue weighted by molar-refractivity contribution is 7.89. The predicted octanol–water partition coefficient (Wildman–Crippen LogP) is 6.57. The standard InChI is InChI=1S/C42H55N3O11S2/c1-25(2)22-45(58(51,52)30-13-11-29(53-6)12-14-30)23-33(46)27(20-36(47)56-34-24-55-42(5)32(34)16-18-54-42)19-26-7-9-28(10-8-26)43-40(50)44-38-37(39(48)49)31-21-41(3,4)17-15-35(31)57-38/h7-14,25,27,32-34,46H,15-24H2,1-6H3,(H,48,49)(H2,43,44,50)/t27-,32+,33-,34+,42-/m1/s1. The number of aliphatic hydroxyl groups is 1. The number of methoxy groups -OCH3 is 1. The second-order valence-corrected chi connectivity index (χ2v) is 19.9. The van der Waals surface area contributed by atoms with Gasteiger partial charge in [-0.25, -0.2) is 18.0 Å². The number of urea groups is 1. The lowest BCUT2D eigenvalue weighted by Crippen LogP contribution is -2.43. The number of aromatic carboxylic acids is 1. The molecule has 0 bridgehead atoms. The van der Waals surface area contributed by atoms with Crippen molar-refractivity contribution in [1.82, 2.24) is 4.31 Å². The number of sulfonamides is 1. The van der Waals surface area contributed by atoms with E-state index in [1.165, 1.54) is 34.9 Å². The zero-order chi connectivity index (χ0) is 42.0. The number of anilines is 2. The molecule has 3 aliphatic rings. The number of carbonyl (C=O) groups excluding carboxylic acids is 2. The summed E-state index contributed by atoms with van der Waals surface area (Å²) in [4.78, 5) is 40.0. The molecule has 2 saturated heterocycles. The van der Waals surface area contributed by atoms with Crippen LogP contribution in [0.5, 0.6) is 5.75 Å². The number of rotatable bonds is 16. The van der Waals surface area contributed by atoms with Crippen molar-refractivity contribution in [3.05, 3.63) is 70.1 Å². The average Bonchev–Trinajstić information content (AvgIpc) is 3.81. The Bertz CT molecular complexity index is 2070. The van der Waals surface area contributed by atoms with Crippen LogP contribution < -0.4 is 15.4 Å². The molecule has 316 valence electrons. The van der Waals surface area contributed by atoms with E-state index in [1.54, 1.807) is 36.4 Å². The van der Waals surface area contributed by atoms with Crippen LogP contribution in [0.25, 0.3) is 0 Å². The molecule has 2 aliphatic heterocycles. The van der Waals surface area contributed by atoms with E-state index in [4.69, 9.17) is 18.9 Å². The minimum absolute atomic E-state index is 0.0324. The van der Waals surface area contributed by atoms with Crippen LogP contribution in [-0.2, 0) is 48.3 Å². The van der Waals surface area contributed by atoms with Gasteiger partial charge in [0.05, 0.1) is 49.2 Å². The monoisotopic (exact) mass is 841 g/mol. The summed E-state index contributed by atoms with van der Waals surface area (Å²) in [5.74, 6) is -2.89. The van der Waals surface area contributed by atoms with Gasteiger partial charge >= 0.3 is 18.0 Å². The van der Waals surface area contributed by atoms with Crippen LogP contribution in [0.4, 0.5) is 15.5 Å². The highest BCUT2D eigenvalue weighted by atomic mass is 32.2. The molecule has 2 aromatic carbocycles. The molecule has 0 spiro atoms. The molecule has 4 N–H and O–H groups in total. The van der Waals surface area contributed by atoms with E-state index < -0.39 is 51.9 Å². The number of ether oxygens (including phenoxy) is 4. The van der Waals surface area contributed by atoms with E-state index in [0.29, 0.717) is 35.9 Å². The van der Waals surface area contributed by atoms with Gasteiger partial charge in [-0.2, -0.15) is 4.31 Å². The second kappa shape index (κ2) is 17.7. The number of amides is 2. The summed E-state index contributed by atoms with van der Waals surface area (Å²) in [5, 5.41) is 27.7. The lowest BCUT2D eigenvalue weighted by molar-refractivity contribution is -0.181. The smallest absolute Gasteiger partial charge is 0.339 e. The molecule has 1 aliphatic carbocycles. The Hall–Kier alpha value is -4.06. The maximum Gasteiger partial charge on any atom is 0.339 e. The molecule has 16 heteroatoms. The van der Waals surface area contributed by atoms with E-state index in [-0.39, 0.29) is 60.2 Å². The number of hydrogen-bond donors (Lipinski definition) is 4. The first-order chi connectivity index (χ1) is 27.4. The molecule has 1 aromatic heterocycles. The number of nitrogens with one attached hydrogen (secondary N) is 2. The summed E-state index contributed by atoms with van der Waals surface area (Å²) < 4.78 is 51.8. The maximum atomic E-state index is 13.9. The van der Waals surface area contributed by atoms with Crippen LogP contribution in [-0.4, -0.2) is 92.3 Å². The lowest BCUT2D eigenvalue weighted by Gasteiger charge is -2.30. The number of carboxylic acids is 1. The van der Waals surface area contributed by atoms with Crippen LogP contribution >= 0.6 is 11.3 Å². The summed E-state index contributed by atoms with van der Waals surface area (Å²) >= 11 is 1.30. The fraction of sp³-hybridized carbons (Fsp3) is 0.548. The van der Waals surface area contributed by atoms with Gasteiger partial charge in [0.25, 0.3) is 0 Å². The molecular formula is C42H55N3O11S2. The molecule has 3 aromatic rings. The van der Waals surface area contributed by atoms with Gasteiger partial charge in [-0.1, -0.05) is 39.8 Å². The van der Waals surface area contributed by atoms with E-state index in [0.717, 1.165) is 28.8 Å². The Morgan fingerprint density at radius 1 is 1.02 bits per heavy atom. The number of nitrogens with zero attached hydrogens (tertiary/aromatic N) is 1. The van der Waals surface area contributed by atoms with Gasteiger partial charge in [-0.15, -0.1) is 11.3 Å². The molecule has 58 heavy (non-hydrogen) atoms.